The summed E-state index contributed by atoms with van der Waals surface area (Å²) in [6.07, 6.45) is 7.38. The molecule has 0 N–H and O–H groups in total. The Kier molecular flexibility index (Phi) is 4.57. The van der Waals surface area contributed by atoms with E-state index in [1.165, 1.54) is 32.1 Å². The third-order valence-electron chi connectivity index (χ3n) is 3.95. The summed E-state index contributed by atoms with van der Waals surface area (Å²) < 4.78 is 0. The number of carbonyl (C=O) groups excluding carboxylic acids is 1. The molecule has 0 atom stereocenters. The average Bonchev–Trinajstić information content (AvgIpc) is 2.47. The molecule has 19 heavy (non-hydrogen) atoms. The summed E-state index contributed by atoms with van der Waals surface area (Å²) in [5.41, 5.74) is 2.08. The summed E-state index contributed by atoms with van der Waals surface area (Å²) >= 11 is 0. The van der Waals surface area contributed by atoms with E-state index in [4.69, 9.17) is 0 Å². The van der Waals surface area contributed by atoms with Gasteiger partial charge < -0.3 is 4.90 Å². The third-order valence-corrected chi connectivity index (χ3v) is 3.95. The summed E-state index contributed by atoms with van der Waals surface area (Å²) in [6.45, 7) is 0.995. The fourth-order valence-corrected chi connectivity index (χ4v) is 2.90. The molecule has 0 unspecified atom stereocenters. The lowest BCUT2D eigenvalue weighted by Gasteiger charge is -2.28. The van der Waals surface area contributed by atoms with Gasteiger partial charge in [-0.05, 0) is 37.0 Å². The van der Waals surface area contributed by atoms with E-state index in [-0.39, 0.29) is 0 Å². The minimum Gasteiger partial charge on any atom is -0.373 e. The molecule has 1 aliphatic rings. The van der Waals surface area contributed by atoms with Crippen molar-refractivity contribution in [3.05, 3.63) is 29.3 Å². The van der Waals surface area contributed by atoms with Crippen molar-refractivity contribution in [2.45, 2.75) is 32.1 Å². The van der Waals surface area contributed by atoms with Crippen molar-refractivity contribution in [1.82, 2.24) is 0 Å². The van der Waals surface area contributed by atoms with Gasteiger partial charge in [0.2, 0.25) is 0 Å². The van der Waals surface area contributed by atoms with Gasteiger partial charge in [0.1, 0.15) is 12.4 Å². The molecule has 0 aliphatic heterocycles. The predicted octanol–water partition coefficient (Wildman–Crippen LogP) is 3.39. The average molecular weight is 256 g/mol. The van der Waals surface area contributed by atoms with Gasteiger partial charge in [-0.2, -0.15) is 5.26 Å². The Bertz CT molecular complexity index is 484. The first-order valence-corrected chi connectivity index (χ1v) is 6.95. The van der Waals surface area contributed by atoms with Crippen LogP contribution in [0.4, 0.5) is 5.69 Å². The van der Waals surface area contributed by atoms with Crippen LogP contribution in [0.3, 0.4) is 0 Å². The molecule has 0 aromatic heterocycles. The Balaban J connectivity index is 2.11. The maximum absolute atomic E-state index is 10.7. The van der Waals surface area contributed by atoms with Crippen molar-refractivity contribution >= 4 is 12.0 Å². The number of benzene rings is 1. The highest BCUT2D eigenvalue weighted by Crippen LogP contribution is 2.27. The molecule has 0 spiro atoms. The second kappa shape index (κ2) is 6.38. The molecular formula is C16H20N2O. The maximum Gasteiger partial charge on any atom is 0.150 e. The number of carbonyl (C=O) groups is 1. The molecule has 0 heterocycles. The van der Waals surface area contributed by atoms with Crippen LogP contribution in [0.2, 0.25) is 0 Å². The molecule has 0 bridgehead atoms. The smallest absolute Gasteiger partial charge is 0.150 e. The summed E-state index contributed by atoms with van der Waals surface area (Å²) in [5.74, 6) is 0.732. The molecule has 100 valence electrons. The van der Waals surface area contributed by atoms with Gasteiger partial charge in [0.25, 0.3) is 0 Å². The number of hydrogen-bond acceptors (Lipinski definition) is 3. The summed E-state index contributed by atoms with van der Waals surface area (Å²) in [5, 5.41) is 9.20. The number of aldehydes is 1. The van der Waals surface area contributed by atoms with E-state index in [9.17, 15) is 10.1 Å². The van der Waals surface area contributed by atoms with Crippen LogP contribution in [0, 0.1) is 17.2 Å². The van der Waals surface area contributed by atoms with Crippen molar-refractivity contribution in [2.24, 2.45) is 5.92 Å². The van der Waals surface area contributed by atoms with Gasteiger partial charge in [-0.1, -0.05) is 19.3 Å². The molecule has 0 radical (unpaired) electrons. The van der Waals surface area contributed by atoms with E-state index in [2.05, 4.69) is 11.0 Å². The second-order valence-electron chi connectivity index (χ2n) is 5.39. The van der Waals surface area contributed by atoms with Crippen LogP contribution in [0.5, 0.6) is 0 Å². The van der Waals surface area contributed by atoms with Crippen molar-refractivity contribution in [3.63, 3.8) is 0 Å². The van der Waals surface area contributed by atoms with Gasteiger partial charge in [0.05, 0.1) is 11.3 Å². The number of rotatable bonds is 4. The Hall–Kier alpha value is -1.82. The van der Waals surface area contributed by atoms with Crippen LogP contribution in [0.15, 0.2) is 18.2 Å². The maximum atomic E-state index is 10.7. The largest absolute Gasteiger partial charge is 0.373 e. The minimum atomic E-state index is 0.561. The molecule has 0 amide bonds. The SMILES string of the molecule is CN(CC1CCCCC1)c1ccc(C=O)cc1C#N. The van der Waals surface area contributed by atoms with Gasteiger partial charge in [-0.3, -0.25) is 4.79 Å². The van der Waals surface area contributed by atoms with Crippen LogP contribution in [0.1, 0.15) is 48.0 Å². The molecule has 1 aromatic carbocycles. The van der Waals surface area contributed by atoms with Crippen LogP contribution in [-0.4, -0.2) is 19.9 Å². The summed E-state index contributed by atoms with van der Waals surface area (Å²) in [6, 6.07) is 7.51. The Morgan fingerprint density at radius 3 is 2.74 bits per heavy atom. The summed E-state index contributed by atoms with van der Waals surface area (Å²) in [7, 11) is 2.03. The van der Waals surface area contributed by atoms with Gasteiger partial charge >= 0.3 is 0 Å². The normalized spacial score (nSPS) is 15.8. The lowest BCUT2D eigenvalue weighted by Crippen LogP contribution is -2.27. The lowest BCUT2D eigenvalue weighted by molar-refractivity contribution is 0.112. The quantitative estimate of drug-likeness (QED) is 0.776. The topological polar surface area (TPSA) is 44.1 Å². The van der Waals surface area contributed by atoms with E-state index in [1.54, 1.807) is 12.1 Å². The zero-order valence-corrected chi connectivity index (χ0v) is 11.4. The minimum absolute atomic E-state index is 0.561. The molecule has 1 aromatic rings. The lowest BCUT2D eigenvalue weighted by atomic mass is 9.89. The van der Waals surface area contributed by atoms with E-state index < -0.39 is 0 Å². The zero-order valence-electron chi connectivity index (χ0n) is 11.4. The van der Waals surface area contributed by atoms with Gasteiger partial charge in [0, 0.05) is 19.2 Å². The molecule has 1 fully saturated rings. The Morgan fingerprint density at radius 1 is 1.37 bits per heavy atom. The van der Waals surface area contributed by atoms with E-state index in [0.717, 1.165) is 24.4 Å². The van der Waals surface area contributed by atoms with Crippen molar-refractivity contribution in [2.75, 3.05) is 18.5 Å². The monoisotopic (exact) mass is 256 g/mol. The standard InChI is InChI=1S/C16H20N2O/c1-18(11-13-5-3-2-4-6-13)16-8-7-14(12-19)9-15(16)10-17/h7-9,12-13H,2-6,11H2,1H3. The van der Waals surface area contributed by atoms with E-state index in [1.807, 2.05) is 13.1 Å². The highest BCUT2D eigenvalue weighted by Gasteiger charge is 2.17. The molecule has 1 aliphatic carbocycles. The molecule has 3 heteroatoms. The number of hydrogen-bond donors (Lipinski definition) is 0. The van der Waals surface area contributed by atoms with Crippen LogP contribution >= 0.6 is 0 Å². The molecular weight excluding hydrogens is 236 g/mol. The first-order valence-electron chi connectivity index (χ1n) is 6.95. The Morgan fingerprint density at radius 2 is 2.11 bits per heavy atom. The van der Waals surface area contributed by atoms with Gasteiger partial charge in [0.15, 0.2) is 0 Å². The fourth-order valence-electron chi connectivity index (χ4n) is 2.90. The third kappa shape index (κ3) is 3.35. The van der Waals surface area contributed by atoms with Crippen molar-refractivity contribution in [1.29, 1.82) is 5.26 Å². The number of nitriles is 1. The zero-order chi connectivity index (χ0) is 13.7. The summed E-state index contributed by atoms with van der Waals surface area (Å²) in [4.78, 5) is 12.9. The number of anilines is 1. The Labute approximate surface area is 114 Å². The number of nitrogens with zero attached hydrogens (tertiary/aromatic N) is 2. The predicted molar refractivity (Wildman–Crippen MR) is 76.4 cm³/mol. The highest BCUT2D eigenvalue weighted by atomic mass is 16.1. The van der Waals surface area contributed by atoms with Crippen LogP contribution in [0.25, 0.3) is 0 Å². The molecule has 2 rings (SSSR count). The first kappa shape index (κ1) is 13.6. The van der Waals surface area contributed by atoms with Crippen molar-refractivity contribution in [3.8, 4) is 6.07 Å². The van der Waals surface area contributed by atoms with Gasteiger partial charge in [-0.15, -0.1) is 0 Å². The van der Waals surface area contributed by atoms with Crippen molar-refractivity contribution < 1.29 is 4.79 Å². The molecule has 3 nitrogen and oxygen atoms in total. The fraction of sp³-hybridized carbons (Fsp3) is 0.500. The van der Waals surface area contributed by atoms with Gasteiger partial charge in [-0.25, -0.2) is 0 Å². The van der Waals surface area contributed by atoms with Crippen LogP contribution < -0.4 is 4.90 Å². The second-order valence-corrected chi connectivity index (χ2v) is 5.39. The van der Waals surface area contributed by atoms with Crippen LogP contribution in [-0.2, 0) is 0 Å². The highest BCUT2D eigenvalue weighted by molar-refractivity contribution is 5.78. The van der Waals surface area contributed by atoms with E-state index >= 15 is 0 Å². The first-order chi connectivity index (χ1) is 9.24. The molecule has 0 saturated heterocycles. The molecule has 1 saturated carbocycles. The van der Waals surface area contributed by atoms with E-state index in [0.29, 0.717) is 11.1 Å².